The van der Waals surface area contributed by atoms with Gasteiger partial charge in [0.25, 0.3) is 0 Å². The summed E-state index contributed by atoms with van der Waals surface area (Å²) in [5, 5.41) is 0. The molecule has 0 amide bonds. The Balaban J connectivity index is 1.91. The molecule has 2 fully saturated rings. The van der Waals surface area contributed by atoms with Crippen molar-refractivity contribution in [1.29, 1.82) is 0 Å². The molecule has 0 bridgehead atoms. The van der Waals surface area contributed by atoms with E-state index in [9.17, 15) is 0 Å². The van der Waals surface area contributed by atoms with E-state index in [-0.39, 0.29) is 5.60 Å². The third-order valence-corrected chi connectivity index (χ3v) is 5.47. The van der Waals surface area contributed by atoms with E-state index in [1.807, 2.05) is 0 Å². The van der Waals surface area contributed by atoms with Crippen LogP contribution in [0.4, 0.5) is 0 Å². The second-order valence-corrected chi connectivity index (χ2v) is 7.31. The molecule has 0 aliphatic carbocycles. The maximum atomic E-state index is 6.15. The molecule has 3 heteroatoms. The van der Waals surface area contributed by atoms with Crippen LogP contribution in [0, 0.1) is 11.8 Å². The number of hydrogen-bond donors (Lipinski definition) is 1. The van der Waals surface area contributed by atoms with Crippen LogP contribution < -0.4 is 5.73 Å². The molecule has 100 valence electrons. The maximum absolute atomic E-state index is 6.15. The Morgan fingerprint density at radius 1 is 1.35 bits per heavy atom. The molecule has 2 heterocycles. The Labute approximate surface area is 110 Å². The molecule has 2 nitrogen and oxygen atoms in total. The number of nitrogens with two attached hydrogens (primary N) is 1. The molecule has 0 aromatic heterocycles. The van der Waals surface area contributed by atoms with Gasteiger partial charge < -0.3 is 10.5 Å². The monoisotopic (exact) mass is 257 g/mol. The van der Waals surface area contributed by atoms with Crippen molar-refractivity contribution in [2.24, 2.45) is 17.6 Å². The van der Waals surface area contributed by atoms with Crippen LogP contribution in [-0.4, -0.2) is 29.8 Å². The Morgan fingerprint density at radius 3 is 2.71 bits per heavy atom. The lowest BCUT2D eigenvalue weighted by molar-refractivity contribution is -0.110. The normalized spacial score (nSPS) is 32.3. The van der Waals surface area contributed by atoms with Crippen LogP contribution in [-0.2, 0) is 4.74 Å². The van der Waals surface area contributed by atoms with E-state index in [0.29, 0.717) is 6.04 Å². The summed E-state index contributed by atoms with van der Waals surface area (Å²) in [5.41, 5.74) is 6.17. The van der Waals surface area contributed by atoms with E-state index in [4.69, 9.17) is 10.5 Å². The van der Waals surface area contributed by atoms with E-state index >= 15 is 0 Å². The SMILES string of the molecule is CC(N)CC(C)C1CCOC2(CCSCC2)C1. The van der Waals surface area contributed by atoms with Crippen LogP contribution in [0.5, 0.6) is 0 Å². The van der Waals surface area contributed by atoms with Gasteiger partial charge in [0, 0.05) is 12.6 Å². The van der Waals surface area contributed by atoms with Gasteiger partial charge in [-0.1, -0.05) is 6.92 Å². The van der Waals surface area contributed by atoms with Crippen molar-refractivity contribution >= 4 is 11.8 Å². The van der Waals surface area contributed by atoms with E-state index < -0.39 is 0 Å². The summed E-state index contributed by atoms with van der Waals surface area (Å²) in [6.07, 6.45) is 6.21. The highest BCUT2D eigenvalue weighted by Gasteiger charge is 2.40. The standard InChI is InChI=1S/C14H27NOS/c1-11(9-12(2)15)13-3-6-16-14(10-13)4-7-17-8-5-14/h11-13H,3-10,15H2,1-2H3. The maximum Gasteiger partial charge on any atom is 0.0701 e. The Morgan fingerprint density at radius 2 is 2.06 bits per heavy atom. The van der Waals surface area contributed by atoms with E-state index in [2.05, 4.69) is 25.6 Å². The van der Waals surface area contributed by atoms with Crippen molar-refractivity contribution in [3.05, 3.63) is 0 Å². The topological polar surface area (TPSA) is 35.2 Å². The molecule has 2 aliphatic heterocycles. The first kappa shape index (κ1) is 13.7. The zero-order valence-corrected chi connectivity index (χ0v) is 12.1. The molecular formula is C14H27NOS. The quantitative estimate of drug-likeness (QED) is 0.844. The molecule has 0 aromatic rings. The Hall–Kier alpha value is 0.270. The second-order valence-electron chi connectivity index (χ2n) is 6.09. The minimum absolute atomic E-state index is 0.236. The third kappa shape index (κ3) is 3.62. The van der Waals surface area contributed by atoms with Crippen molar-refractivity contribution in [2.75, 3.05) is 18.1 Å². The molecule has 3 atom stereocenters. The van der Waals surface area contributed by atoms with Crippen LogP contribution in [0.25, 0.3) is 0 Å². The minimum atomic E-state index is 0.236. The Bertz CT molecular complexity index is 233. The zero-order valence-electron chi connectivity index (χ0n) is 11.3. The fourth-order valence-electron chi connectivity index (χ4n) is 3.42. The fourth-order valence-corrected chi connectivity index (χ4v) is 4.66. The summed E-state index contributed by atoms with van der Waals surface area (Å²) in [6.45, 7) is 5.48. The average molecular weight is 257 g/mol. The van der Waals surface area contributed by atoms with E-state index in [1.165, 1.54) is 37.2 Å². The molecule has 17 heavy (non-hydrogen) atoms. The Kier molecular flexibility index (Phi) is 4.79. The largest absolute Gasteiger partial charge is 0.375 e. The number of hydrogen-bond acceptors (Lipinski definition) is 3. The van der Waals surface area contributed by atoms with Gasteiger partial charge in [-0.3, -0.25) is 0 Å². The van der Waals surface area contributed by atoms with Gasteiger partial charge in [0.15, 0.2) is 0 Å². The lowest BCUT2D eigenvalue weighted by Crippen LogP contribution is -2.44. The minimum Gasteiger partial charge on any atom is -0.375 e. The van der Waals surface area contributed by atoms with Crippen LogP contribution >= 0.6 is 11.8 Å². The first-order valence-corrected chi connectivity index (χ1v) is 8.24. The highest BCUT2D eigenvalue weighted by atomic mass is 32.2. The zero-order chi connectivity index (χ0) is 12.3. The molecule has 2 saturated heterocycles. The van der Waals surface area contributed by atoms with Crippen LogP contribution in [0.2, 0.25) is 0 Å². The van der Waals surface area contributed by atoms with Gasteiger partial charge in [-0.05, 0) is 62.4 Å². The van der Waals surface area contributed by atoms with Crippen molar-refractivity contribution in [1.82, 2.24) is 0 Å². The van der Waals surface area contributed by atoms with E-state index in [1.54, 1.807) is 0 Å². The van der Waals surface area contributed by atoms with Crippen LogP contribution in [0.3, 0.4) is 0 Å². The van der Waals surface area contributed by atoms with Gasteiger partial charge >= 0.3 is 0 Å². The first-order valence-electron chi connectivity index (χ1n) is 7.09. The highest BCUT2D eigenvalue weighted by Crippen LogP contribution is 2.42. The highest BCUT2D eigenvalue weighted by molar-refractivity contribution is 7.99. The van der Waals surface area contributed by atoms with Crippen LogP contribution in [0.15, 0.2) is 0 Å². The smallest absolute Gasteiger partial charge is 0.0701 e. The van der Waals surface area contributed by atoms with E-state index in [0.717, 1.165) is 24.9 Å². The molecule has 1 spiro atoms. The molecule has 2 N–H and O–H groups in total. The molecular weight excluding hydrogens is 230 g/mol. The summed E-state index contributed by atoms with van der Waals surface area (Å²) >= 11 is 2.08. The number of rotatable bonds is 3. The summed E-state index contributed by atoms with van der Waals surface area (Å²) in [6, 6.07) is 0.339. The summed E-state index contributed by atoms with van der Waals surface area (Å²) in [5.74, 6) is 4.16. The molecule has 2 rings (SSSR count). The molecule has 0 aromatic carbocycles. The van der Waals surface area contributed by atoms with Crippen molar-refractivity contribution in [3.63, 3.8) is 0 Å². The van der Waals surface area contributed by atoms with Gasteiger partial charge in [0.2, 0.25) is 0 Å². The van der Waals surface area contributed by atoms with Gasteiger partial charge in [-0.2, -0.15) is 11.8 Å². The summed E-state index contributed by atoms with van der Waals surface area (Å²) in [4.78, 5) is 0. The summed E-state index contributed by atoms with van der Waals surface area (Å²) in [7, 11) is 0. The molecule has 0 saturated carbocycles. The summed E-state index contributed by atoms with van der Waals surface area (Å²) < 4.78 is 6.15. The van der Waals surface area contributed by atoms with Crippen molar-refractivity contribution in [3.8, 4) is 0 Å². The lowest BCUT2D eigenvalue weighted by atomic mass is 9.75. The fraction of sp³-hybridized carbons (Fsp3) is 1.00. The van der Waals surface area contributed by atoms with Crippen molar-refractivity contribution in [2.45, 2.75) is 57.6 Å². The predicted octanol–water partition coefficient (Wildman–Crippen LogP) is 3.05. The lowest BCUT2D eigenvalue weighted by Gasteiger charge is -2.45. The number of ether oxygens (including phenoxy) is 1. The van der Waals surface area contributed by atoms with Gasteiger partial charge in [0.1, 0.15) is 0 Å². The predicted molar refractivity (Wildman–Crippen MR) is 75.4 cm³/mol. The number of thioether (sulfide) groups is 1. The molecule has 0 radical (unpaired) electrons. The molecule has 2 aliphatic rings. The van der Waals surface area contributed by atoms with Gasteiger partial charge in [-0.15, -0.1) is 0 Å². The first-order chi connectivity index (χ1) is 8.11. The average Bonchev–Trinajstić information content (AvgIpc) is 2.29. The van der Waals surface area contributed by atoms with Crippen LogP contribution in [0.1, 0.15) is 46.0 Å². The van der Waals surface area contributed by atoms with Crippen molar-refractivity contribution < 1.29 is 4.74 Å². The second kappa shape index (κ2) is 5.94. The molecule has 3 unspecified atom stereocenters. The van der Waals surface area contributed by atoms with Gasteiger partial charge in [-0.25, -0.2) is 0 Å². The van der Waals surface area contributed by atoms with Gasteiger partial charge in [0.05, 0.1) is 5.60 Å². The third-order valence-electron chi connectivity index (χ3n) is 4.48.